The van der Waals surface area contributed by atoms with Crippen molar-refractivity contribution < 1.29 is 22.7 Å². The van der Waals surface area contributed by atoms with Gasteiger partial charge in [0.1, 0.15) is 16.6 Å². The highest BCUT2D eigenvalue weighted by molar-refractivity contribution is 6.30. The normalized spacial score (nSPS) is 21.1. The van der Waals surface area contributed by atoms with Crippen LogP contribution < -0.4 is 4.74 Å². The number of carbonyl (C=O) groups excluding carboxylic acids is 1. The minimum absolute atomic E-state index is 0.165. The lowest BCUT2D eigenvalue weighted by Gasteiger charge is -2.25. The minimum Gasteiger partial charge on any atom is -0.406 e. The van der Waals surface area contributed by atoms with Crippen LogP contribution in [-0.2, 0) is 19.6 Å². The molecule has 0 N–H and O–H groups in total. The lowest BCUT2D eigenvalue weighted by atomic mass is 10.1. The van der Waals surface area contributed by atoms with Gasteiger partial charge in [-0.1, -0.05) is 29.8 Å². The average molecular weight is 534 g/mol. The molecule has 196 valence electrons. The van der Waals surface area contributed by atoms with Gasteiger partial charge in [-0.05, 0) is 48.4 Å². The molecule has 7 nitrogen and oxygen atoms in total. The molecule has 3 aromatic rings. The summed E-state index contributed by atoms with van der Waals surface area (Å²) in [5.41, 5.74) is 1.87. The topological polar surface area (TPSA) is 63.5 Å². The third-order valence-corrected chi connectivity index (χ3v) is 7.46. The molecule has 2 atom stereocenters. The van der Waals surface area contributed by atoms with Gasteiger partial charge in [0.05, 0.1) is 6.33 Å². The molecule has 1 aromatic carbocycles. The van der Waals surface area contributed by atoms with Gasteiger partial charge in [0.15, 0.2) is 0 Å². The third kappa shape index (κ3) is 6.07. The maximum atomic E-state index is 13.4. The highest BCUT2D eigenvalue weighted by Crippen LogP contribution is 2.52. The molecule has 1 aliphatic carbocycles. The lowest BCUT2D eigenvalue weighted by Crippen LogP contribution is -2.35. The molecule has 1 saturated carbocycles. The Bertz CT molecular complexity index is 1250. The van der Waals surface area contributed by atoms with E-state index in [9.17, 15) is 18.0 Å². The molecule has 11 heteroatoms. The summed E-state index contributed by atoms with van der Waals surface area (Å²) in [6.45, 7) is 5.85. The number of halogens is 4. The Kier molecular flexibility index (Phi) is 7.13. The van der Waals surface area contributed by atoms with Crippen LogP contribution >= 0.6 is 11.6 Å². The molecule has 1 aliphatic heterocycles. The molecule has 2 unspecified atom stereocenters. The number of hydrogen-bond donors (Lipinski definition) is 0. The zero-order chi connectivity index (χ0) is 26.2. The zero-order valence-electron chi connectivity index (χ0n) is 20.2. The van der Waals surface area contributed by atoms with E-state index >= 15 is 0 Å². The number of imidazole rings is 1. The number of carbonyl (C=O) groups is 1. The second-order valence-electron chi connectivity index (χ2n) is 9.61. The standard InChI is InChI=1S/C26H27ClF3N5O2/c1-2-33-15-23(32-16-33)25(36)35(10-17-5-3-7-19(9-17)37-26(28,29)30)14-22-20-12-34(13-21(20)22)11-18-6-4-8-31-24(18)27/h3-9,15-16,20-22H,2,10-14H2,1H3. The molecule has 3 heterocycles. The second-order valence-corrected chi connectivity index (χ2v) is 9.97. The molecule has 2 fully saturated rings. The molecular formula is C26H27ClF3N5O2. The number of aromatic nitrogens is 3. The van der Waals surface area contributed by atoms with E-state index in [-0.39, 0.29) is 18.2 Å². The Labute approximate surface area is 217 Å². The van der Waals surface area contributed by atoms with Crippen LogP contribution in [0.25, 0.3) is 0 Å². The summed E-state index contributed by atoms with van der Waals surface area (Å²) < 4.78 is 44.0. The van der Waals surface area contributed by atoms with Crippen LogP contribution in [-0.4, -0.2) is 56.2 Å². The van der Waals surface area contributed by atoms with Crippen LogP contribution in [0, 0.1) is 17.8 Å². The van der Waals surface area contributed by atoms with Crippen LogP contribution in [0.5, 0.6) is 5.75 Å². The van der Waals surface area contributed by atoms with E-state index in [2.05, 4.69) is 19.6 Å². The van der Waals surface area contributed by atoms with Crippen molar-refractivity contribution in [1.82, 2.24) is 24.3 Å². The fraction of sp³-hybridized carbons (Fsp3) is 0.423. The smallest absolute Gasteiger partial charge is 0.406 e. The van der Waals surface area contributed by atoms with Crippen molar-refractivity contribution in [3.63, 3.8) is 0 Å². The average Bonchev–Trinajstić information content (AvgIpc) is 3.21. The highest BCUT2D eigenvalue weighted by Gasteiger charge is 2.56. The van der Waals surface area contributed by atoms with Crippen molar-refractivity contribution in [3.8, 4) is 5.75 Å². The number of ether oxygens (including phenoxy) is 1. The number of nitrogens with zero attached hydrogens (tertiary/aromatic N) is 5. The predicted octanol–water partition coefficient (Wildman–Crippen LogP) is 4.87. The van der Waals surface area contributed by atoms with Crippen LogP contribution in [0.4, 0.5) is 13.2 Å². The molecular weight excluding hydrogens is 507 g/mol. The Morgan fingerprint density at radius 3 is 2.65 bits per heavy atom. The highest BCUT2D eigenvalue weighted by atomic mass is 35.5. The molecule has 1 amide bonds. The lowest BCUT2D eigenvalue weighted by molar-refractivity contribution is -0.274. The quantitative estimate of drug-likeness (QED) is 0.367. The number of rotatable bonds is 9. The summed E-state index contributed by atoms with van der Waals surface area (Å²) in [6, 6.07) is 9.62. The summed E-state index contributed by atoms with van der Waals surface area (Å²) in [7, 11) is 0. The van der Waals surface area contributed by atoms with Crippen molar-refractivity contribution >= 4 is 17.5 Å². The predicted molar refractivity (Wildman–Crippen MR) is 131 cm³/mol. The van der Waals surface area contributed by atoms with Crippen LogP contribution in [0.1, 0.15) is 28.5 Å². The molecule has 0 spiro atoms. The van der Waals surface area contributed by atoms with Gasteiger partial charge in [-0.3, -0.25) is 9.69 Å². The molecule has 37 heavy (non-hydrogen) atoms. The number of piperidine rings is 1. The van der Waals surface area contributed by atoms with E-state index in [1.54, 1.807) is 29.7 Å². The van der Waals surface area contributed by atoms with Crippen molar-refractivity contribution in [2.45, 2.75) is 32.9 Å². The monoisotopic (exact) mass is 533 g/mol. The van der Waals surface area contributed by atoms with Gasteiger partial charge < -0.3 is 14.2 Å². The number of hydrogen-bond acceptors (Lipinski definition) is 5. The van der Waals surface area contributed by atoms with Crippen LogP contribution in [0.15, 0.2) is 55.1 Å². The second kappa shape index (κ2) is 10.3. The molecule has 2 aromatic heterocycles. The van der Waals surface area contributed by atoms with Gasteiger partial charge in [0.2, 0.25) is 0 Å². The first-order valence-electron chi connectivity index (χ1n) is 12.2. The number of fused-ring (bicyclic) bond motifs is 1. The Morgan fingerprint density at radius 1 is 1.19 bits per heavy atom. The van der Waals surface area contributed by atoms with E-state index < -0.39 is 6.36 Å². The van der Waals surface area contributed by atoms with Gasteiger partial charge in [-0.15, -0.1) is 13.2 Å². The summed E-state index contributed by atoms with van der Waals surface area (Å²) in [6.07, 6.45) is 0.198. The summed E-state index contributed by atoms with van der Waals surface area (Å²) in [5, 5.41) is 0.514. The first-order chi connectivity index (χ1) is 17.7. The summed E-state index contributed by atoms with van der Waals surface area (Å²) in [5.74, 6) is 0.698. The maximum absolute atomic E-state index is 13.4. The van der Waals surface area contributed by atoms with Gasteiger partial charge in [-0.25, -0.2) is 9.97 Å². The SMILES string of the molecule is CCn1cnc(C(=O)N(Cc2cccc(OC(F)(F)F)c2)CC2C3CN(Cc4cccnc4Cl)CC32)c1. The Hall–Kier alpha value is -3.11. The maximum Gasteiger partial charge on any atom is 0.573 e. The summed E-state index contributed by atoms with van der Waals surface area (Å²) >= 11 is 6.22. The zero-order valence-corrected chi connectivity index (χ0v) is 21.0. The van der Waals surface area contributed by atoms with Crippen molar-refractivity contribution in [1.29, 1.82) is 0 Å². The number of alkyl halides is 3. The minimum atomic E-state index is -4.78. The van der Waals surface area contributed by atoms with E-state index in [1.165, 1.54) is 18.2 Å². The van der Waals surface area contributed by atoms with Gasteiger partial charge in [0, 0.05) is 57.2 Å². The molecule has 5 rings (SSSR count). The first-order valence-corrected chi connectivity index (χ1v) is 12.6. The summed E-state index contributed by atoms with van der Waals surface area (Å²) in [4.78, 5) is 25.9. The molecule has 0 bridgehead atoms. The number of benzene rings is 1. The fourth-order valence-electron chi connectivity index (χ4n) is 5.26. The number of likely N-dealkylation sites (tertiary alicyclic amines) is 1. The van der Waals surface area contributed by atoms with E-state index in [1.807, 2.05) is 23.6 Å². The largest absolute Gasteiger partial charge is 0.573 e. The number of aryl methyl sites for hydroxylation is 1. The van der Waals surface area contributed by atoms with E-state index in [4.69, 9.17) is 11.6 Å². The van der Waals surface area contributed by atoms with Gasteiger partial charge in [0.25, 0.3) is 5.91 Å². The number of amides is 1. The van der Waals surface area contributed by atoms with Crippen molar-refractivity contribution in [2.24, 2.45) is 17.8 Å². The van der Waals surface area contributed by atoms with Crippen LogP contribution in [0.2, 0.25) is 5.15 Å². The van der Waals surface area contributed by atoms with Crippen molar-refractivity contribution in [2.75, 3.05) is 19.6 Å². The van der Waals surface area contributed by atoms with Crippen molar-refractivity contribution in [3.05, 3.63) is 77.1 Å². The van der Waals surface area contributed by atoms with Gasteiger partial charge in [-0.2, -0.15) is 0 Å². The molecule has 1 saturated heterocycles. The first kappa shape index (κ1) is 25.5. The number of pyridine rings is 1. The molecule has 2 aliphatic rings. The van der Waals surface area contributed by atoms with Crippen LogP contribution in [0.3, 0.4) is 0 Å². The molecule has 0 radical (unpaired) electrons. The fourth-order valence-corrected chi connectivity index (χ4v) is 5.43. The third-order valence-electron chi connectivity index (χ3n) is 7.12. The Morgan fingerprint density at radius 2 is 1.97 bits per heavy atom. The van der Waals surface area contributed by atoms with E-state index in [0.717, 1.165) is 25.2 Å². The van der Waals surface area contributed by atoms with Gasteiger partial charge >= 0.3 is 6.36 Å². The Balaban J connectivity index is 1.27. The van der Waals surface area contributed by atoms with E-state index in [0.29, 0.717) is 47.3 Å².